The van der Waals surface area contributed by atoms with E-state index in [-0.39, 0.29) is 0 Å². The minimum atomic E-state index is 0.839. The Hall–Kier alpha value is -1.61. The molecule has 1 aromatic heterocycles. The minimum absolute atomic E-state index is 0.839. The molecule has 0 aliphatic carbocycles. The summed E-state index contributed by atoms with van der Waals surface area (Å²) >= 11 is 0. The molecule has 90 valence electrons. The van der Waals surface area contributed by atoms with Crippen LogP contribution in [0.2, 0.25) is 0 Å². The van der Waals surface area contributed by atoms with Gasteiger partial charge in [-0.3, -0.25) is 5.10 Å². The van der Waals surface area contributed by atoms with Crippen LogP contribution in [0.1, 0.15) is 30.3 Å². The summed E-state index contributed by atoms with van der Waals surface area (Å²) in [4.78, 5) is 0. The second-order valence-electron chi connectivity index (χ2n) is 4.22. The largest absolute Gasteiger partial charge is 0.307 e. The number of rotatable bonds is 6. The highest BCUT2D eigenvalue weighted by atomic mass is 15.1. The van der Waals surface area contributed by atoms with Gasteiger partial charge in [-0.2, -0.15) is 5.10 Å². The Kier molecular flexibility index (Phi) is 4.33. The van der Waals surface area contributed by atoms with Gasteiger partial charge in [0, 0.05) is 18.8 Å². The maximum absolute atomic E-state index is 4.27. The smallest absolute Gasteiger partial charge is 0.0625 e. The number of hydrogen-bond donors (Lipinski definition) is 2. The van der Waals surface area contributed by atoms with Crippen molar-refractivity contribution in [3.05, 3.63) is 53.3 Å². The van der Waals surface area contributed by atoms with Crippen molar-refractivity contribution >= 4 is 0 Å². The van der Waals surface area contributed by atoms with Crippen LogP contribution in [0.25, 0.3) is 0 Å². The molecule has 3 nitrogen and oxygen atoms in total. The van der Waals surface area contributed by atoms with E-state index in [1.165, 1.54) is 5.56 Å². The number of aromatic amines is 1. The van der Waals surface area contributed by atoms with Crippen LogP contribution in [0.5, 0.6) is 0 Å². The van der Waals surface area contributed by atoms with Crippen molar-refractivity contribution in [2.24, 2.45) is 0 Å². The van der Waals surface area contributed by atoms with Crippen LogP contribution in [-0.4, -0.2) is 10.2 Å². The molecule has 0 aliphatic rings. The second-order valence-corrected chi connectivity index (χ2v) is 4.22. The second kappa shape index (κ2) is 6.21. The van der Waals surface area contributed by atoms with Crippen molar-refractivity contribution in [1.82, 2.24) is 15.5 Å². The van der Waals surface area contributed by atoms with Crippen molar-refractivity contribution in [1.29, 1.82) is 0 Å². The summed E-state index contributed by atoms with van der Waals surface area (Å²) in [6.45, 7) is 3.90. The highest BCUT2D eigenvalue weighted by Crippen LogP contribution is 2.03. The number of benzene rings is 1. The fraction of sp³-hybridized carbons (Fsp3) is 0.357. The third-order valence-corrected chi connectivity index (χ3v) is 2.68. The first kappa shape index (κ1) is 11.9. The van der Waals surface area contributed by atoms with Gasteiger partial charge in [0.1, 0.15) is 0 Å². The van der Waals surface area contributed by atoms with Gasteiger partial charge in [0.25, 0.3) is 0 Å². The molecule has 0 atom stereocenters. The Morgan fingerprint density at radius 3 is 2.76 bits per heavy atom. The van der Waals surface area contributed by atoms with E-state index in [0.717, 1.165) is 37.3 Å². The summed E-state index contributed by atoms with van der Waals surface area (Å²) < 4.78 is 0. The Labute approximate surface area is 102 Å². The van der Waals surface area contributed by atoms with Crippen LogP contribution in [0.15, 0.2) is 36.4 Å². The summed E-state index contributed by atoms with van der Waals surface area (Å²) in [5, 5.41) is 10.7. The van der Waals surface area contributed by atoms with Crippen molar-refractivity contribution in [2.75, 3.05) is 0 Å². The quantitative estimate of drug-likeness (QED) is 0.799. The summed E-state index contributed by atoms with van der Waals surface area (Å²) in [7, 11) is 0. The Morgan fingerprint density at radius 2 is 2.00 bits per heavy atom. The Balaban J connectivity index is 1.78. The number of aryl methyl sites for hydroxylation is 1. The van der Waals surface area contributed by atoms with E-state index < -0.39 is 0 Å². The van der Waals surface area contributed by atoms with Gasteiger partial charge in [-0.15, -0.1) is 0 Å². The van der Waals surface area contributed by atoms with Gasteiger partial charge >= 0.3 is 0 Å². The average molecular weight is 229 g/mol. The monoisotopic (exact) mass is 229 g/mol. The predicted octanol–water partition coefficient (Wildman–Crippen LogP) is 2.65. The first-order valence-electron chi connectivity index (χ1n) is 6.16. The van der Waals surface area contributed by atoms with Gasteiger partial charge in [0.05, 0.1) is 5.69 Å². The van der Waals surface area contributed by atoms with Crippen molar-refractivity contribution in [3.8, 4) is 0 Å². The van der Waals surface area contributed by atoms with Gasteiger partial charge in [-0.1, -0.05) is 43.7 Å². The normalized spacial score (nSPS) is 10.6. The first-order valence-corrected chi connectivity index (χ1v) is 6.16. The molecule has 2 N–H and O–H groups in total. The van der Waals surface area contributed by atoms with Gasteiger partial charge in [0.2, 0.25) is 0 Å². The molecule has 17 heavy (non-hydrogen) atoms. The first-order chi connectivity index (χ1) is 8.38. The topological polar surface area (TPSA) is 40.7 Å². The number of nitrogens with zero attached hydrogens (tertiary/aromatic N) is 1. The summed E-state index contributed by atoms with van der Waals surface area (Å²) in [6.07, 6.45) is 2.19. The highest BCUT2D eigenvalue weighted by molar-refractivity contribution is 5.14. The van der Waals surface area contributed by atoms with Crippen LogP contribution >= 0.6 is 0 Å². The zero-order valence-corrected chi connectivity index (χ0v) is 10.2. The van der Waals surface area contributed by atoms with Gasteiger partial charge < -0.3 is 5.32 Å². The molecule has 0 spiro atoms. The van der Waals surface area contributed by atoms with Crippen LogP contribution in [0, 0.1) is 0 Å². The van der Waals surface area contributed by atoms with E-state index in [9.17, 15) is 0 Å². The molecule has 0 unspecified atom stereocenters. The number of hydrogen-bond acceptors (Lipinski definition) is 2. The standard InChI is InChI=1S/C14H19N3/c1-2-6-13-9-14(17-16-13)11-15-10-12-7-4-3-5-8-12/h3-5,7-9,15H,2,6,10-11H2,1H3,(H,16,17). The van der Waals surface area contributed by atoms with E-state index in [1.54, 1.807) is 0 Å². The van der Waals surface area contributed by atoms with Crippen LogP contribution < -0.4 is 5.32 Å². The molecule has 1 aromatic carbocycles. The Bertz CT molecular complexity index is 434. The van der Waals surface area contributed by atoms with Crippen LogP contribution in [0.3, 0.4) is 0 Å². The molecule has 3 heteroatoms. The van der Waals surface area contributed by atoms with E-state index in [2.05, 4.69) is 52.8 Å². The lowest BCUT2D eigenvalue weighted by Gasteiger charge is -2.02. The number of nitrogens with one attached hydrogen (secondary N) is 2. The maximum Gasteiger partial charge on any atom is 0.0625 e. The highest BCUT2D eigenvalue weighted by Gasteiger charge is 1.99. The molecule has 2 rings (SSSR count). The molecular formula is C14H19N3. The third-order valence-electron chi connectivity index (χ3n) is 2.68. The maximum atomic E-state index is 4.27. The van der Waals surface area contributed by atoms with Gasteiger partial charge in [-0.05, 0) is 18.1 Å². The molecule has 0 radical (unpaired) electrons. The molecule has 0 saturated heterocycles. The van der Waals surface area contributed by atoms with Crippen LogP contribution in [0.4, 0.5) is 0 Å². The lowest BCUT2D eigenvalue weighted by atomic mass is 10.2. The lowest BCUT2D eigenvalue weighted by molar-refractivity contribution is 0.677. The molecule has 0 saturated carbocycles. The van der Waals surface area contributed by atoms with E-state index in [1.807, 2.05) is 6.07 Å². The molecule has 0 fully saturated rings. The number of aromatic nitrogens is 2. The fourth-order valence-electron chi connectivity index (χ4n) is 1.82. The molecule has 1 heterocycles. The molecule has 0 bridgehead atoms. The summed E-state index contributed by atoms with van der Waals surface area (Å²) in [5.74, 6) is 0. The fourth-order valence-corrected chi connectivity index (χ4v) is 1.82. The zero-order valence-electron chi connectivity index (χ0n) is 10.2. The SMILES string of the molecule is CCCc1cc(CNCc2ccccc2)[nH]n1. The predicted molar refractivity (Wildman–Crippen MR) is 69.6 cm³/mol. The lowest BCUT2D eigenvalue weighted by Crippen LogP contribution is -2.12. The zero-order chi connectivity index (χ0) is 11.9. The Morgan fingerprint density at radius 1 is 1.18 bits per heavy atom. The third kappa shape index (κ3) is 3.71. The summed E-state index contributed by atoms with van der Waals surface area (Å²) in [6, 6.07) is 12.6. The van der Waals surface area contributed by atoms with Gasteiger partial charge in [-0.25, -0.2) is 0 Å². The average Bonchev–Trinajstić information content (AvgIpc) is 2.79. The van der Waals surface area contributed by atoms with Crippen molar-refractivity contribution in [3.63, 3.8) is 0 Å². The van der Waals surface area contributed by atoms with Crippen molar-refractivity contribution in [2.45, 2.75) is 32.9 Å². The van der Waals surface area contributed by atoms with E-state index in [4.69, 9.17) is 0 Å². The molecule has 0 aliphatic heterocycles. The van der Waals surface area contributed by atoms with Crippen LogP contribution in [-0.2, 0) is 19.5 Å². The molecule has 2 aromatic rings. The summed E-state index contributed by atoms with van der Waals surface area (Å²) in [5.41, 5.74) is 3.62. The molecule has 0 amide bonds. The van der Waals surface area contributed by atoms with Crippen molar-refractivity contribution < 1.29 is 0 Å². The van der Waals surface area contributed by atoms with E-state index >= 15 is 0 Å². The number of H-pyrrole nitrogens is 1. The minimum Gasteiger partial charge on any atom is -0.307 e. The molecular weight excluding hydrogens is 210 g/mol. The van der Waals surface area contributed by atoms with Gasteiger partial charge in [0.15, 0.2) is 0 Å². The van der Waals surface area contributed by atoms with E-state index in [0.29, 0.717) is 0 Å².